The molecule has 0 bridgehead atoms. The molecule has 3 N–H and O–H groups in total. The molecule has 4 rings (SSSR count). The van der Waals surface area contributed by atoms with Crippen LogP contribution in [-0.2, 0) is 6.42 Å². The summed E-state index contributed by atoms with van der Waals surface area (Å²) in [7, 11) is 0. The number of benzene rings is 1. The van der Waals surface area contributed by atoms with Crippen LogP contribution in [0.4, 0.5) is 5.82 Å². The van der Waals surface area contributed by atoms with Crippen molar-refractivity contribution in [3.63, 3.8) is 0 Å². The quantitative estimate of drug-likeness (QED) is 0.445. The van der Waals surface area contributed by atoms with Crippen LogP contribution in [0.1, 0.15) is 40.9 Å². The highest BCUT2D eigenvalue weighted by atomic mass is 32.2. The van der Waals surface area contributed by atoms with Gasteiger partial charge in [0.15, 0.2) is 5.82 Å². The van der Waals surface area contributed by atoms with Crippen LogP contribution in [0.25, 0.3) is 21.6 Å². The third-order valence-electron chi connectivity index (χ3n) is 4.82. The van der Waals surface area contributed by atoms with E-state index in [9.17, 15) is 0 Å². The Labute approximate surface area is 172 Å². The minimum absolute atomic E-state index is 0.0134. The molecule has 0 aliphatic rings. The Bertz CT molecular complexity index is 1130. The third kappa shape index (κ3) is 3.49. The number of thiophene rings is 1. The van der Waals surface area contributed by atoms with Crippen LogP contribution in [0, 0.1) is 13.8 Å². The molecule has 0 saturated heterocycles. The van der Waals surface area contributed by atoms with Crippen molar-refractivity contribution in [2.24, 2.45) is 0 Å². The molecule has 0 amide bonds. The van der Waals surface area contributed by atoms with Gasteiger partial charge < -0.3 is 5.73 Å². The predicted octanol–water partition coefficient (Wildman–Crippen LogP) is 5.09. The summed E-state index contributed by atoms with van der Waals surface area (Å²) in [6.07, 6.45) is 1.02. The number of thioether (sulfide) groups is 1. The molecular formula is C20H22N6S2. The van der Waals surface area contributed by atoms with E-state index in [1.165, 1.54) is 22.2 Å². The van der Waals surface area contributed by atoms with Gasteiger partial charge in [0, 0.05) is 10.4 Å². The summed E-state index contributed by atoms with van der Waals surface area (Å²) in [6.45, 7) is 8.34. The van der Waals surface area contributed by atoms with E-state index in [0.29, 0.717) is 16.8 Å². The lowest BCUT2D eigenvalue weighted by molar-refractivity contribution is 0.918. The summed E-state index contributed by atoms with van der Waals surface area (Å²) in [5.74, 6) is 2.01. The van der Waals surface area contributed by atoms with E-state index in [4.69, 9.17) is 10.7 Å². The van der Waals surface area contributed by atoms with Crippen molar-refractivity contribution in [1.82, 2.24) is 25.1 Å². The zero-order valence-corrected chi connectivity index (χ0v) is 17.9. The summed E-state index contributed by atoms with van der Waals surface area (Å²) in [5, 5.41) is 9.00. The van der Waals surface area contributed by atoms with Gasteiger partial charge in [0.05, 0.1) is 10.6 Å². The first-order chi connectivity index (χ1) is 13.5. The average Bonchev–Trinajstić information content (AvgIpc) is 3.26. The van der Waals surface area contributed by atoms with Crippen molar-refractivity contribution in [2.45, 2.75) is 44.5 Å². The van der Waals surface area contributed by atoms with Crippen molar-refractivity contribution < 1.29 is 0 Å². The van der Waals surface area contributed by atoms with Crippen LogP contribution < -0.4 is 5.73 Å². The number of anilines is 1. The van der Waals surface area contributed by atoms with Gasteiger partial charge in [-0.25, -0.2) is 15.0 Å². The van der Waals surface area contributed by atoms with E-state index in [-0.39, 0.29) is 5.25 Å². The maximum Gasteiger partial charge on any atom is 0.209 e. The van der Waals surface area contributed by atoms with Crippen molar-refractivity contribution in [2.75, 3.05) is 5.73 Å². The maximum atomic E-state index is 6.21. The second-order valence-corrected chi connectivity index (χ2v) is 9.22. The van der Waals surface area contributed by atoms with Crippen LogP contribution in [0.5, 0.6) is 0 Å². The smallest absolute Gasteiger partial charge is 0.209 e. The fourth-order valence-corrected chi connectivity index (χ4v) is 4.83. The Kier molecular flexibility index (Phi) is 5.07. The van der Waals surface area contributed by atoms with Gasteiger partial charge in [-0.3, -0.25) is 5.10 Å². The molecule has 0 spiro atoms. The number of H-pyrrole nitrogens is 1. The lowest BCUT2D eigenvalue weighted by Crippen LogP contribution is -2.02. The summed E-state index contributed by atoms with van der Waals surface area (Å²) >= 11 is 3.18. The molecule has 144 valence electrons. The number of nitrogen functional groups attached to an aromatic ring is 1. The average molecular weight is 411 g/mol. The Morgan fingerprint density at radius 1 is 1.14 bits per heavy atom. The number of aromatic amines is 1. The number of nitrogens with one attached hydrogen (secondary N) is 1. The van der Waals surface area contributed by atoms with Crippen LogP contribution in [0.15, 0.2) is 29.4 Å². The lowest BCUT2D eigenvalue weighted by atomic mass is 10.1. The molecule has 8 heteroatoms. The van der Waals surface area contributed by atoms with E-state index < -0.39 is 0 Å². The number of hydrogen-bond donors (Lipinski definition) is 2. The highest BCUT2D eigenvalue weighted by Crippen LogP contribution is 2.36. The van der Waals surface area contributed by atoms with Crippen molar-refractivity contribution in [1.29, 1.82) is 0 Å². The molecule has 3 aromatic heterocycles. The van der Waals surface area contributed by atoms with E-state index in [0.717, 1.165) is 33.6 Å². The van der Waals surface area contributed by atoms with Crippen molar-refractivity contribution in [3.05, 3.63) is 46.1 Å². The zero-order chi connectivity index (χ0) is 19.8. The molecule has 0 aliphatic carbocycles. The van der Waals surface area contributed by atoms with E-state index >= 15 is 0 Å². The van der Waals surface area contributed by atoms with Crippen LogP contribution in [0.2, 0.25) is 0 Å². The lowest BCUT2D eigenvalue weighted by Gasteiger charge is -2.08. The Morgan fingerprint density at radius 3 is 2.61 bits per heavy atom. The largest absolute Gasteiger partial charge is 0.383 e. The summed E-state index contributed by atoms with van der Waals surface area (Å²) in [6, 6.07) is 8.36. The monoisotopic (exact) mass is 410 g/mol. The first-order valence-electron chi connectivity index (χ1n) is 9.17. The topological polar surface area (TPSA) is 93.4 Å². The second-order valence-electron chi connectivity index (χ2n) is 6.71. The number of nitrogens with zero attached hydrogens (tertiary/aromatic N) is 4. The molecule has 4 aromatic rings. The molecule has 0 fully saturated rings. The maximum absolute atomic E-state index is 6.21. The molecule has 0 saturated carbocycles. The molecule has 3 heterocycles. The SMILES string of the molecule is CCc1ccc(-c2nc(SC(C)c3nc(N)c4c(C)c(C)sc4n3)n[nH]2)cc1. The highest BCUT2D eigenvalue weighted by Gasteiger charge is 2.19. The van der Waals surface area contributed by atoms with Gasteiger partial charge in [-0.1, -0.05) is 43.0 Å². The van der Waals surface area contributed by atoms with E-state index in [1.54, 1.807) is 11.3 Å². The first-order valence-corrected chi connectivity index (χ1v) is 10.9. The standard InChI is InChI=1S/C20H22N6S2/c1-5-13-6-8-14(9-7-13)18-24-20(26-25-18)28-12(4)17-22-16(21)15-10(2)11(3)27-19(15)23-17/h6-9,12H,5H2,1-4H3,(H2,21,22,23)(H,24,25,26). The van der Waals surface area contributed by atoms with Gasteiger partial charge in [-0.15, -0.1) is 16.4 Å². The predicted molar refractivity (Wildman–Crippen MR) is 117 cm³/mol. The Hall–Kier alpha value is -2.45. The number of aryl methyl sites for hydroxylation is 3. The molecule has 1 aromatic carbocycles. The highest BCUT2D eigenvalue weighted by molar-refractivity contribution is 7.99. The van der Waals surface area contributed by atoms with Crippen LogP contribution in [-0.4, -0.2) is 25.1 Å². The summed E-state index contributed by atoms with van der Waals surface area (Å²) < 4.78 is 0. The van der Waals surface area contributed by atoms with Crippen LogP contribution in [0.3, 0.4) is 0 Å². The third-order valence-corrected chi connectivity index (χ3v) is 6.88. The molecule has 0 radical (unpaired) electrons. The Morgan fingerprint density at radius 2 is 1.89 bits per heavy atom. The normalized spacial score (nSPS) is 12.6. The first kappa shape index (κ1) is 18.9. The van der Waals surface area contributed by atoms with Gasteiger partial charge in [0.1, 0.15) is 16.5 Å². The molecule has 28 heavy (non-hydrogen) atoms. The van der Waals surface area contributed by atoms with Crippen molar-refractivity contribution >= 4 is 39.1 Å². The minimum atomic E-state index is -0.0134. The minimum Gasteiger partial charge on any atom is -0.383 e. The second kappa shape index (κ2) is 7.52. The molecule has 1 unspecified atom stereocenters. The number of fused-ring (bicyclic) bond motifs is 1. The Balaban J connectivity index is 1.56. The number of rotatable bonds is 5. The number of hydrogen-bond acceptors (Lipinski definition) is 7. The fourth-order valence-electron chi connectivity index (χ4n) is 3.02. The number of nitrogens with two attached hydrogens (primary N) is 1. The molecular weight excluding hydrogens is 388 g/mol. The summed E-state index contributed by atoms with van der Waals surface area (Å²) in [4.78, 5) is 16.1. The van der Waals surface area contributed by atoms with Gasteiger partial charge in [0.2, 0.25) is 5.16 Å². The van der Waals surface area contributed by atoms with Gasteiger partial charge in [0.25, 0.3) is 0 Å². The molecule has 1 atom stereocenters. The van der Waals surface area contributed by atoms with E-state index in [2.05, 4.69) is 65.2 Å². The van der Waals surface area contributed by atoms with E-state index in [1.807, 2.05) is 6.92 Å². The molecule has 0 aliphatic heterocycles. The van der Waals surface area contributed by atoms with Gasteiger partial charge in [-0.05, 0) is 38.3 Å². The van der Waals surface area contributed by atoms with Gasteiger partial charge in [-0.2, -0.15) is 0 Å². The fraction of sp³-hybridized carbons (Fsp3) is 0.300. The van der Waals surface area contributed by atoms with Crippen LogP contribution >= 0.6 is 23.1 Å². The molecule has 6 nitrogen and oxygen atoms in total. The van der Waals surface area contributed by atoms with Crippen molar-refractivity contribution in [3.8, 4) is 11.4 Å². The number of aromatic nitrogens is 5. The van der Waals surface area contributed by atoms with Gasteiger partial charge >= 0.3 is 0 Å². The summed E-state index contributed by atoms with van der Waals surface area (Å²) in [5.41, 5.74) is 9.70. The zero-order valence-electron chi connectivity index (χ0n) is 16.3.